The first-order valence-corrected chi connectivity index (χ1v) is 6.23. The Bertz CT molecular complexity index is 396. The molecular weight excluding hydrogens is 216 g/mol. The Labute approximate surface area is 101 Å². The van der Waals surface area contributed by atoms with Crippen LogP contribution in [0.25, 0.3) is 0 Å². The van der Waals surface area contributed by atoms with Crippen LogP contribution in [-0.2, 0) is 4.74 Å². The summed E-state index contributed by atoms with van der Waals surface area (Å²) in [6.45, 7) is 2.41. The molecule has 0 spiro atoms. The van der Waals surface area contributed by atoms with Crippen molar-refractivity contribution in [3.05, 3.63) is 29.8 Å². The van der Waals surface area contributed by atoms with Gasteiger partial charge in [0, 0.05) is 23.5 Å². The van der Waals surface area contributed by atoms with Crippen molar-refractivity contribution in [2.45, 2.75) is 18.8 Å². The van der Waals surface area contributed by atoms with E-state index in [1.165, 1.54) is 5.56 Å². The number of hydrogen-bond acceptors (Lipinski definition) is 3. The molecule has 0 aliphatic carbocycles. The van der Waals surface area contributed by atoms with Crippen LogP contribution in [0.2, 0.25) is 0 Å². The SMILES string of the molecule is OCC1(CC2COc3ccccc32)CCOC1. The van der Waals surface area contributed by atoms with E-state index in [9.17, 15) is 5.11 Å². The Hall–Kier alpha value is -1.06. The third-order valence-electron chi connectivity index (χ3n) is 4.00. The molecule has 1 fully saturated rings. The number of fused-ring (bicyclic) bond motifs is 1. The second-order valence-corrected chi connectivity index (χ2v) is 5.21. The number of benzene rings is 1. The summed E-state index contributed by atoms with van der Waals surface area (Å²) in [7, 11) is 0. The van der Waals surface area contributed by atoms with Crippen molar-refractivity contribution in [3.63, 3.8) is 0 Å². The van der Waals surface area contributed by atoms with Crippen LogP contribution < -0.4 is 4.74 Å². The maximum atomic E-state index is 9.60. The zero-order chi connectivity index (χ0) is 11.7. The van der Waals surface area contributed by atoms with Gasteiger partial charge in [-0.15, -0.1) is 0 Å². The highest BCUT2D eigenvalue weighted by Crippen LogP contribution is 2.43. The van der Waals surface area contributed by atoms with E-state index in [1.807, 2.05) is 12.1 Å². The van der Waals surface area contributed by atoms with Crippen molar-refractivity contribution in [2.24, 2.45) is 5.41 Å². The van der Waals surface area contributed by atoms with Gasteiger partial charge in [0.1, 0.15) is 5.75 Å². The zero-order valence-electron chi connectivity index (χ0n) is 9.89. The average Bonchev–Trinajstić information content (AvgIpc) is 2.99. The summed E-state index contributed by atoms with van der Waals surface area (Å²) in [6, 6.07) is 8.21. The van der Waals surface area contributed by atoms with Gasteiger partial charge >= 0.3 is 0 Å². The topological polar surface area (TPSA) is 38.7 Å². The van der Waals surface area contributed by atoms with Gasteiger partial charge in [-0.25, -0.2) is 0 Å². The van der Waals surface area contributed by atoms with Crippen LogP contribution in [0.1, 0.15) is 24.3 Å². The summed E-state index contributed by atoms with van der Waals surface area (Å²) in [6.07, 6.45) is 1.92. The predicted molar refractivity (Wildman–Crippen MR) is 64.2 cm³/mol. The fraction of sp³-hybridized carbons (Fsp3) is 0.571. The van der Waals surface area contributed by atoms with Gasteiger partial charge in [0.05, 0.1) is 19.8 Å². The first-order valence-electron chi connectivity index (χ1n) is 6.23. The Morgan fingerprint density at radius 1 is 1.35 bits per heavy atom. The second-order valence-electron chi connectivity index (χ2n) is 5.21. The van der Waals surface area contributed by atoms with Gasteiger partial charge in [-0.3, -0.25) is 0 Å². The molecule has 0 saturated carbocycles. The molecule has 0 radical (unpaired) electrons. The predicted octanol–water partition coefficient (Wildman–Crippen LogP) is 1.95. The van der Waals surface area contributed by atoms with Crippen molar-refractivity contribution >= 4 is 0 Å². The third kappa shape index (κ3) is 1.94. The van der Waals surface area contributed by atoms with E-state index in [1.54, 1.807) is 0 Å². The van der Waals surface area contributed by atoms with Crippen LogP contribution >= 0.6 is 0 Å². The molecule has 2 atom stereocenters. The molecule has 3 rings (SSSR count). The average molecular weight is 234 g/mol. The standard InChI is InChI=1S/C14H18O3/c15-9-14(5-6-16-10-14)7-11-8-17-13-4-2-1-3-12(11)13/h1-4,11,15H,5-10H2. The quantitative estimate of drug-likeness (QED) is 0.868. The van der Waals surface area contributed by atoms with Crippen molar-refractivity contribution in [3.8, 4) is 5.75 Å². The Kier molecular flexibility index (Phi) is 2.81. The number of aliphatic hydroxyl groups is 1. The lowest BCUT2D eigenvalue weighted by Crippen LogP contribution is -2.28. The highest BCUT2D eigenvalue weighted by atomic mass is 16.5. The lowest BCUT2D eigenvalue weighted by Gasteiger charge is -2.27. The summed E-state index contributed by atoms with van der Waals surface area (Å²) in [5.74, 6) is 1.41. The molecule has 3 nitrogen and oxygen atoms in total. The number of aliphatic hydroxyl groups excluding tert-OH is 1. The molecule has 1 aromatic rings. The summed E-state index contributed by atoms with van der Waals surface area (Å²) < 4.78 is 11.1. The van der Waals surface area contributed by atoms with Crippen molar-refractivity contribution < 1.29 is 14.6 Å². The third-order valence-corrected chi connectivity index (χ3v) is 4.00. The normalized spacial score (nSPS) is 31.2. The van der Waals surface area contributed by atoms with Gasteiger partial charge in [-0.1, -0.05) is 18.2 Å². The lowest BCUT2D eigenvalue weighted by atomic mass is 9.78. The van der Waals surface area contributed by atoms with Crippen molar-refractivity contribution in [2.75, 3.05) is 26.4 Å². The maximum absolute atomic E-state index is 9.60. The van der Waals surface area contributed by atoms with E-state index in [0.717, 1.165) is 31.8 Å². The maximum Gasteiger partial charge on any atom is 0.122 e. The van der Waals surface area contributed by atoms with Crippen LogP contribution in [0.15, 0.2) is 24.3 Å². The van der Waals surface area contributed by atoms with Gasteiger partial charge in [-0.2, -0.15) is 0 Å². The van der Waals surface area contributed by atoms with E-state index in [2.05, 4.69) is 12.1 Å². The molecule has 1 N–H and O–H groups in total. The molecular formula is C14H18O3. The fourth-order valence-electron chi connectivity index (χ4n) is 2.92. The largest absolute Gasteiger partial charge is 0.493 e. The van der Waals surface area contributed by atoms with E-state index in [0.29, 0.717) is 12.5 Å². The van der Waals surface area contributed by atoms with Gasteiger partial charge in [0.15, 0.2) is 0 Å². The Balaban J connectivity index is 1.79. The van der Waals surface area contributed by atoms with E-state index in [-0.39, 0.29) is 12.0 Å². The molecule has 2 heterocycles. The molecule has 0 bridgehead atoms. The number of para-hydroxylation sites is 1. The highest BCUT2D eigenvalue weighted by molar-refractivity contribution is 5.39. The minimum absolute atomic E-state index is 0.0501. The summed E-state index contributed by atoms with van der Waals surface area (Å²) in [5.41, 5.74) is 1.23. The van der Waals surface area contributed by atoms with Crippen LogP contribution in [0.5, 0.6) is 5.75 Å². The lowest BCUT2D eigenvalue weighted by molar-refractivity contribution is 0.0781. The molecule has 2 aliphatic heterocycles. The molecule has 2 aliphatic rings. The number of hydrogen-bond donors (Lipinski definition) is 1. The zero-order valence-corrected chi connectivity index (χ0v) is 9.89. The van der Waals surface area contributed by atoms with Crippen molar-refractivity contribution in [1.82, 2.24) is 0 Å². The Morgan fingerprint density at radius 3 is 3.00 bits per heavy atom. The second kappa shape index (κ2) is 4.31. The Morgan fingerprint density at radius 2 is 2.24 bits per heavy atom. The van der Waals surface area contributed by atoms with E-state index in [4.69, 9.17) is 9.47 Å². The van der Waals surface area contributed by atoms with Gasteiger partial charge < -0.3 is 14.6 Å². The molecule has 92 valence electrons. The minimum atomic E-state index is -0.0501. The molecule has 0 amide bonds. The number of rotatable bonds is 3. The summed E-state index contributed by atoms with van der Waals surface area (Å²) >= 11 is 0. The van der Waals surface area contributed by atoms with Crippen LogP contribution in [0.3, 0.4) is 0 Å². The molecule has 3 heteroatoms. The first-order chi connectivity index (χ1) is 8.33. The number of ether oxygens (including phenoxy) is 2. The van der Waals surface area contributed by atoms with Gasteiger partial charge in [-0.05, 0) is 18.9 Å². The van der Waals surface area contributed by atoms with Crippen LogP contribution in [-0.4, -0.2) is 31.5 Å². The van der Waals surface area contributed by atoms with Crippen LogP contribution in [0, 0.1) is 5.41 Å². The van der Waals surface area contributed by atoms with E-state index >= 15 is 0 Å². The molecule has 17 heavy (non-hydrogen) atoms. The van der Waals surface area contributed by atoms with Gasteiger partial charge in [0.25, 0.3) is 0 Å². The first kappa shape index (κ1) is 11.1. The molecule has 2 unspecified atom stereocenters. The van der Waals surface area contributed by atoms with E-state index < -0.39 is 0 Å². The van der Waals surface area contributed by atoms with Gasteiger partial charge in [0.2, 0.25) is 0 Å². The fourth-order valence-corrected chi connectivity index (χ4v) is 2.92. The van der Waals surface area contributed by atoms with Crippen LogP contribution in [0.4, 0.5) is 0 Å². The smallest absolute Gasteiger partial charge is 0.122 e. The summed E-state index contributed by atoms with van der Waals surface area (Å²) in [4.78, 5) is 0. The highest BCUT2D eigenvalue weighted by Gasteiger charge is 2.39. The molecule has 1 saturated heterocycles. The monoisotopic (exact) mass is 234 g/mol. The molecule has 1 aromatic carbocycles. The minimum Gasteiger partial charge on any atom is -0.493 e. The molecule has 0 aromatic heterocycles. The summed E-state index contributed by atoms with van der Waals surface area (Å²) in [5, 5.41) is 9.60. The van der Waals surface area contributed by atoms with Crippen molar-refractivity contribution in [1.29, 1.82) is 0 Å².